The average Bonchev–Trinajstić information content (AvgIpc) is 3.42. The number of fused-ring (bicyclic) bond motifs is 2. The van der Waals surface area contributed by atoms with E-state index in [4.69, 9.17) is 14.5 Å². The maximum absolute atomic E-state index is 13.4. The third kappa shape index (κ3) is 4.59. The lowest BCUT2D eigenvalue weighted by molar-refractivity contribution is -0.121. The number of nitrogens with zero attached hydrogens (tertiary/aromatic N) is 2. The molecule has 0 saturated carbocycles. The van der Waals surface area contributed by atoms with Crippen LogP contribution in [-0.2, 0) is 24.3 Å². The highest BCUT2D eigenvalue weighted by Crippen LogP contribution is 2.32. The van der Waals surface area contributed by atoms with E-state index in [9.17, 15) is 9.18 Å². The Morgan fingerprint density at radius 2 is 1.74 bits per heavy atom. The molecule has 0 aliphatic carbocycles. The minimum atomic E-state index is -0.261. The van der Waals surface area contributed by atoms with Gasteiger partial charge in [0.1, 0.15) is 11.6 Å². The molecule has 5 rings (SSSR count). The van der Waals surface area contributed by atoms with Gasteiger partial charge in [-0.2, -0.15) is 0 Å². The van der Waals surface area contributed by atoms with Crippen LogP contribution in [0.4, 0.5) is 4.39 Å². The summed E-state index contributed by atoms with van der Waals surface area (Å²) in [6.45, 7) is 5.29. The maximum atomic E-state index is 13.4. The first-order chi connectivity index (χ1) is 16.5. The summed E-state index contributed by atoms with van der Waals surface area (Å²) in [5, 5.41) is 2.99. The molecule has 0 saturated heterocycles. The molecule has 174 valence electrons. The van der Waals surface area contributed by atoms with Gasteiger partial charge < -0.3 is 19.4 Å². The van der Waals surface area contributed by atoms with Gasteiger partial charge in [-0.1, -0.05) is 18.2 Å². The van der Waals surface area contributed by atoms with Crippen molar-refractivity contribution in [3.05, 3.63) is 88.5 Å². The quantitative estimate of drug-likeness (QED) is 0.430. The van der Waals surface area contributed by atoms with Gasteiger partial charge in [-0.15, -0.1) is 0 Å². The van der Waals surface area contributed by atoms with Gasteiger partial charge in [-0.3, -0.25) is 4.79 Å². The Balaban J connectivity index is 1.31. The Kier molecular flexibility index (Phi) is 5.92. The number of amides is 1. The molecule has 1 N–H and O–H groups in total. The molecule has 0 spiro atoms. The summed E-state index contributed by atoms with van der Waals surface area (Å²) in [6, 6.07) is 16.3. The van der Waals surface area contributed by atoms with Crippen molar-refractivity contribution in [3.63, 3.8) is 0 Å². The summed E-state index contributed by atoms with van der Waals surface area (Å²) in [7, 11) is 0. The van der Waals surface area contributed by atoms with Crippen LogP contribution in [0, 0.1) is 19.7 Å². The number of carbonyl (C=O) groups is 1. The van der Waals surface area contributed by atoms with Crippen molar-refractivity contribution in [3.8, 4) is 11.5 Å². The van der Waals surface area contributed by atoms with E-state index in [0.717, 1.165) is 33.7 Å². The normalized spacial score (nSPS) is 12.3. The van der Waals surface area contributed by atoms with Crippen LogP contribution < -0.4 is 14.8 Å². The molecule has 4 aromatic rings. The Hall–Kier alpha value is -3.87. The predicted octanol–water partition coefficient (Wildman–Crippen LogP) is 4.82. The molecule has 0 unspecified atom stereocenters. The summed E-state index contributed by atoms with van der Waals surface area (Å²) >= 11 is 0. The van der Waals surface area contributed by atoms with Crippen LogP contribution in [0.5, 0.6) is 11.5 Å². The van der Waals surface area contributed by atoms with E-state index in [-0.39, 0.29) is 18.5 Å². The van der Waals surface area contributed by atoms with Crippen LogP contribution in [0.1, 0.15) is 34.5 Å². The van der Waals surface area contributed by atoms with Crippen LogP contribution in [0.25, 0.3) is 11.0 Å². The number of halogens is 1. The molecule has 2 heterocycles. The highest BCUT2D eigenvalue weighted by molar-refractivity contribution is 5.79. The van der Waals surface area contributed by atoms with E-state index >= 15 is 0 Å². The fourth-order valence-corrected chi connectivity index (χ4v) is 4.15. The second-order valence-electron chi connectivity index (χ2n) is 8.62. The molecule has 0 atom stereocenters. The Morgan fingerprint density at radius 1 is 1.00 bits per heavy atom. The molecule has 3 aromatic carbocycles. The number of aromatic nitrogens is 2. The number of benzene rings is 3. The molecule has 0 radical (unpaired) electrons. The lowest BCUT2D eigenvalue weighted by Gasteiger charge is -2.11. The molecule has 1 aliphatic heterocycles. The number of ether oxygens (including phenoxy) is 2. The molecule has 1 amide bonds. The number of nitrogens with one attached hydrogen (secondary N) is 1. The average molecular weight is 460 g/mol. The minimum Gasteiger partial charge on any atom is -0.454 e. The molecular weight excluding hydrogens is 433 g/mol. The van der Waals surface area contributed by atoms with Gasteiger partial charge in [0.2, 0.25) is 12.7 Å². The smallest absolute Gasteiger partial charge is 0.231 e. The molecule has 6 nitrogen and oxygen atoms in total. The van der Waals surface area contributed by atoms with Crippen molar-refractivity contribution < 1.29 is 18.7 Å². The number of hydrogen-bond acceptors (Lipinski definition) is 4. The van der Waals surface area contributed by atoms with Gasteiger partial charge in [0.15, 0.2) is 11.5 Å². The minimum absolute atomic E-state index is 0.0453. The SMILES string of the molecule is Cc1cc2nc(Cc3ccc(F)cc3)n(CCC(=O)NCc3ccc4c(c3)OCO4)c2cc1C. The van der Waals surface area contributed by atoms with Crippen molar-refractivity contribution in [1.82, 2.24) is 14.9 Å². The summed E-state index contributed by atoms with van der Waals surface area (Å²) in [4.78, 5) is 17.5. The fraction of sp³-hybridized carbons (Fsp3) is 0.259. The zero-order valence-electron chi connectivity index (χ0n) is 19.2. The van der Waals surface area contributed by atoms with Crippen LogP contribution in [0.15, 0.2) is 54.6 Å². The van der Waals surface area contributed by atoms with Crippen molar-refractivity contribution in [2.45, 2.75) is 39.8 Å². The van der Waals surface area contributed by atoms with Crippen LogP contribution in [0.2, 0.25) is 0 Å². The van der Waals surface area contributed by atoms with Crippen LogP contribution >= 0.6 is 0 Å². The first-order valence-electron chi connectivity index (χ1n) is 11.3. The van der Waals surface area contributed by atoms with Crippen molar-refractivity contribution in [2.24, 2.45) is 0 Å². The fourth-order valence-electron chi connectivity index (χ4n) is 4.15. The zero-order valence-corrected chi connectivity index (χ0v) is 19.2. The van der Waals surface area contributed by atoms with E-state index in [0.29, 0.717) is 31.7 Å². The largest absolute Gasteiger partial charge is 0.454 e. The highest BCUT2D eigenvalue weighted by Gasteiger charge is 2.16. The highest BCUT2D eigenvalue weighted by atomic mass is 19.1. The second kappa shape index (κ2) is 9.17. The predicted molar refractivity (Wildman–Crippen MR) is 127 cm³/mol. The van der Waals surface area contributed by atoms with Gasteiger partial charge in [0.25, 0.3) is 0 Å². The van der Waals surface area contributed by atoms with Gasteiger partial charge in [0.05, 0.1) is 11.0 Å². The summed E-state index contributed by atoms with van der Waals surface area (Å²) in [5.41, 5.74) is 6.18. The summed E-state index contributed by atoms with van der Waals surface area (Å²) in [5.74, 6) is 1.97. The lowest BCUT2D eigenvalue weighted by Crippen LogP contribution is -2.24. The van der Waals surface area contributed by atoms with E-state index in [1.54, 1.807) is 12.1 Å². The number of carbonyl (C=O) groups excluding carboxylic acids is 1. The van der Waals surface area contributed by atoms with Gasteiger partial charge in [0, 0.05) is 25.9 Å². The van der Waals surface area contributed by atoms with Crippen molar-refractivity contribution >= 4 is 16.9 Å². The zero-order chi connectivity index (χ0) is 23.7. The second-order valence-corrected chi connectivity index (χ2v) is 8.62. The number of imidazole rings is 1. The van der Waals surface area contributed by atoms with Crippen LogP contribution in [0.3, 0.4) is 0 Å². The van der Waals surface area contributed by atoms with Gasteiger partial charge in [-0.25, -0.2) is 9.37 Å². The number of aryl methyl sites for hydroxylation is 3. The molecule has 34 heavy (non-hydrogen) atoms. The van der Waals surface area contributed by atoms with E-state index in [2.05, 4.69) is 35.9 Å². The molecule has 0 bridgehead atoms. The third-order valence-electron chi connectivity index (χ3n) is 6.21. The van der Waals surface area contributed by atoms with Crippen LogP contribution in [-0.4, -0.2) is 22.3 Å². The Labute approximate surface area is 197 Å². The first kappa shape index (κ1) is 21.9. The Morgan fingerprint density at radius 3 is 2.56 bits per heavy atom. The number of rotatable bonds is 7. The first-order valence-corrected chi connectivity index (χ1v) is 11.3. The van der Waals surface area contributed by atoms with Gasteiger partial charge in [-0.05, 0) is 72.5 Å². The Bertz CT molecular complexity index is 1360. The topological polar surface area (TPSA) is 65.4 Å². The van der Waals surface area contributed by atoms with E-state index in [1.807, 2.05) is 18.2 Å². The summed E-state index contributed by atoms with van der Waals surface area (Å²) < 4.78 is 26.2. The number of hydrogen-bond donors (Lipinski definition) is 1. The third-order valence-corrected chi connectivity index (χ3v) is 6.21. The van der Waals surface area contributed by atoms with E-state index < -0.39 is 0 Å². The molecule has 1 aliphatic rings. The van der Waals surface area contributed by atoms with E-state index in [1.165, 1.54) is 23.3 Å². The maximum Gasteiger partial charge on any atom is 0.231 e. The van der Waals surface area contributed by atoms with Crippen molar-refractivity contribution in [1.29, 1.82) is 0 Å². The molecule has 1 aromatic heterocycles. The lowest BCUT2D eigenvalue weighted by atomic mass is 10.1. The monoisotopic (exact) mass is 459 g/mol. The molecule has 7 heteroatoms. The molecular formula is C27H26FN3O3. The standard InChI is InChI=1S/C27H26FN3O3/c1-17-11-22-23(12-18(17)2)31(26(30-22)14-19-3-6-21(28)7-4-19)10-9-27(32)29-15-20-5-8-24-25(13-20)34-16-33-24/h3-8,11-13H,9-10,14-16H2,1-2H3,(H,29,32). The summed E-state index contributed by atoms with van der Waals surface area (Å²) in [6.07, 6.45) is 0.880. The van der Waals surface area contributed by atoms with Gasteiger partial charge >= 0.3 is 0 Å². The van der Waals surface area contributed by atoms with Crippen molar-refractivity contribution in [2.75, 3.05) is 6.79 Å². The molecule has 0 fully saturated rings.